The van der Waals surface area contributed by atoms with E-state index in [1.165, 1.54) is 12.1 Å². The number of aryl methyl sites for hydroxylation is 1. The molecule has 3 rings (SSSR count). The molecule has 0 unspecified atom stereocenters. The summed E-state index contributed by atoms with van der Waals surface area (Å²) in [5, 5.41) is 3.20. The Morgan fingerprint density at radius 2 is 1.75 bits per heavy atom. The van der Waals surface area contributed by atoms with Crippen LogP contribution in [0, 0.1) is 6.92 Å². The molecule has 2 aromatic rings. The van der Waals surface area contributed by atoms with E-state index in [4.69, 9.17) is 4.74 Å². The fraction of sp³-hybridized carbons (Fsp3) is 0.316. The molecule has 1 amide bonds. The summed E-state index contributed by atoms with van der Waals surface area (Å²) in [4.78, 5) is 14.6. The molecule has 0 atom stereocenters. The normalized spacial score (nSPS) is 14.1. The maximum absolute atomic E-state index is 12.8. The third-order valence-electron chi connectivity index (χ3n) is 4.50. The Labute approximate surface area is 171 Å². The smallest absolute Gasteiger partial charge is 0.261 e. The first-order valence-corrected chi connectivity index (χ1v) is 10.2. The van der Waals surface area contributed by atoms with Gasteiger partial charge in [-0.1, -0.05) is 6.07 Å². The maximum Gasteiger partial charge on any atom is 0.261 e. The van der Waals surface area contributed by atoms with Gasteiger partial charge in [0.05, 0.1) is 12.0 Å². The molecule has 1 saturated heterocycles. The van der Waals surface area contributed by atoms with Crippen molar-refractivity contribution in [1.29, 1.82) is 0 Å². The van der Waals surface area contributed by atoms with Crippen molar-refractivity contribution in [2.75, 3.05) is 38.0 Å². The Morgan fingerprint density at radius 3 is 2.36 bits per heavy atom. The summed E-state index contributed by atoms with van der Waals surface area (Å²) >= 11 is 0. The van der Waals surface area contributed by atoms with Gasteiger partial charge in [0.2, 0.25) is 0 Å². The van der Waals surface area contributed by atoms with Crippen LogP contribution in [0.5, 0.6) is 5.75 Å². The van der Waals surface area contributed by atoms with Crippen molar-refractivity contribution in [2.45, 2.75) is 11.8 Å². The Balaban J connectivity index is 0.00000280. The summed E-state index contributed by atoms with van der Waals surface area (Å²) in [5.74, 6) is 0.493. The van der Waals surface area contributed by atoms with Crippen molar-refractivity contribution in [3.63, 3.8) is 0 Å². The predicted molar refractivity (Wildman–Crippen MR) is 111 cm³/mol. The van der Waals surface area contributed by atoms with Gasteiger partial charge in [0.25, 0.3) is 15.9 Å². The van der Waals surface area contributed by atoms with Crippen LogP contribution in [0.3, 0.4) is 0 Å². The summed E-state index contributed by atoms with van der Waals surface area (Å²) in [6, 6.07) is 11.2. The number of hydrogen-bond donors (Lipinski definition) is 2. The van der Waals surface area contributed by atoms with Crippen molar-refractivity contribution < 1.29 is 17.9 Å². The van der Waals surface area contributed by atoms with Crippen LogP contribution >= 0.6 is 12.4 Å². The number of carbonyl (C=O) groups is 1. The lowest BCUT2D eigenvalue weighted by Crippen LogP contribution is -2.46. The maximum atomic E-state index is 12.8. The number of nitrogens with zero attached hydrogens (tertiary/aromatic N) is 1. The molecule has 1 aliphatic heterocycles. The van der Waals surface area contributed by atoms with E-state index >= 15 is 0 Å². The topological polar surface area (TPSA) is 87.7 Å². The average Bonchev–Trinajstić information content (AvgIpc) is 2.68. The highest BCUT2D eigenvalue weighted by Gasteiger charge is 2.22. The molecular formula is C19H24ClN3O4S. The first-order chi connectivity index (χ1) is 12.9. The third kappa shape index (κ3) is 4.95. The van der Waals surface area contributed by atoms with Crippen molar-refractivity contribution in [3.05, 3.63) is 53.6 Å². The van der Waals surface area contributed by atoms with E-state index in [0.717, 1.165) is 18.7 Å². The minimum absolute atomic E-state index is 0. The van der Waals surface area contributed by atoms with E-state index < -0.39 is 10.0 Å². The number of sulfonamides is 1. The van der Waals surface area contributed by atoms with Gasteiger partial charge in [0, 0.05) is 37.4 Å². The zero-order valence-corrected chi connectivity index (χ0v) is 17.4. The molecule has 152 valence electrons. The SMILES string of the molecule is COc1ccc(NS(=O)(=O)c2ccc(C)c(C(=O)N3CCNCC3)c2)cc1.Cl. The second-order valence-corrected chi connectivity index (χ2v) is 8.04. The van der Waals surface area contributed by atoms with E-state index in [9.17, 15) is 13.2 Å². The van der Waals surface area contributed by atoms with Crippen LogP contribution in [0.4, 0.5) is 5.69 Å². The molecule has 0 aromatic heterocycles. The van der Waals surface area contributed by atoms with Crippen molar-refractivity contribution in [1.82, 2.24) is 10.2 Å². The van der Waals surface area contributed by atoms with Gasteiger partial charge in [-0.2, -0.15) is 0 Å². The molecule has 7 nitrogen and oxygen atoms in total. The Bertz CT molecular complexity index is 927. The van der Waals surface area contributed by atoms with E-state index in [1.807, 2.05) is 6.92 Å². The average molecular weight is 426 g/mol. The molecule has 28 heavy (non-hydrogen) atoms. The van der Waals surface area contributed by atoms with Crippen LogP contribution < -0.4 is 14.8 Å². The van der Waals surface area contributed by atoms with Gasteiger partial charge in [0.1, 0.15) is 5.75 Å². The lowest BCUT2D eigenvalue weighted by Gasteiger charge is -2.28. The van der Waals surface area contributed by atoms with Gasteiger partial charge >= 0.3 is 0 Å². The highest BCUT2D eigenvalue weighted by atomic mass is 35.5. The summed E-state index contributed by atoms with van der Waals surface area (Å²) in [5.41, 5.74) is 1.59. The Morgan fingerprint density at radius 1 is 1.11 bits per heavy atom. The highest BCUT2D eigenvalue weighted by Crippen LogP contribution is 2.22. The Hall–Kier alpha value is -2.29. The molecule has 0 aliphatic carbocycles. The molecule has 0 radical (unpaired) electrons. The minimum Gasteiger partial charge on any atom is -0.497 e. The molecule has 1 fully saturated rings. The predicted octanol–water partition coefficient (Wildman–Crippen LogP) is 2.27. The standard InChI is InChI=1S/C19H23N3O4S.ClH/c1-14-3-8-17(13-18(14)19(23)22-11-9-20-10-12-22)27(24,25)21-15-4-6-16(26-2)7-5-15;/h3-8,13,20-21H,9-12H2,1-2H3;1H. The molecule has 2 aromatic carbocycles. The molecule has 0 spiro atoms. The van der Waals surface area contributed by atoms with Crippen LogP contribution in [0.15, 0.2) is 47.4 Å². The number of ether oxygens (including phenoxy) is 1. The lowest BCUT2D eigenvalue weighted by molar-refractivity contribution is 0.0735. The number of amides is 1. The van der Waals surface area contributed by atoms with Gasteiger partial charge < -0.3 is 15.0 Å². The third-order valence-corrected chi connectivity index (χ3v) is 5.88. The van der Waals surface area contributed by atoms with Crippen LogP contribution in [0.25, 0.3) is 0 Å². The van der Waals surface area contributed by atoms with Gasteiger partial charge in [-0.05, 0) is 48.9 Å². The number of methoxy groups -OCH3 is 1. The second kappa shape index (κ2) is 9.27. The zero-order chi connectivity index (χ0) is 19.4. The molecule has 1 aliphatic rings. The largest absolute Gasteiger partial charge is 0.497 e. The number of rotatable bonds is 5. The van der Waals surface area contributed by atoms with E-state index in [1.54, 1.807) is 42.3 Å². The first kappa shape index (κ1) is 22.0. The number of anilines is 1. The molecule has 2 N–H and O–H groups in total. The van der Waals surface area contributed by atoms with Crippen LogP contribution in [0.2, 0.25) is 0 Å². The van der Waals surface area contributed by atoms with Crippen LogP contribution in [-0.2, 0) is 10.0 Å². The van der Waals surface area contributed by atoms with E-state index in [-0.39, 0.29) is 23.2 Å². The number of hydrogen-bond acceptors (Lipinski definition) is 5. The highest BCUT2D eigenvalue weighted by molar-refractivity contribution is 7.92. The number of nitrogens with one attached hydrogen (secondary N) is 2. The van der Waals surface area contributed by atoms with Crippen molar-refractivity contribution in [3.8, 4) is 5.75 Å². The summed E-state index contributed by atoms with van der Waals surface area (Å²) in [6.07, 6.45) is 0. The minimum atomic E-state index is -3.81. The van der Waals surface area contributed by atoms with Crippen LogP contribution in [0.1, 0.15) is 15.9 Å². The monoisotopic (exact) mass is 425 g/mol. The molecule has 1 heterocycles. The quantitative estimate of drug-likeness (QED) is 0.767. The fourth-order valence-corrected chi connectivity index (χ4v) is 3.99. The van der Waals surface area contributed by atoms with Crippen molar-refractivity contribution >= 4 is 34.0 Å². The molecular weight excluding hydrogens is 402 g/mol. The van der Waals surface area contributed by atoms with Gasteiger partial charge in [-0.25, -0.2) is 8.42 Å². The Kier molecular flexibility index (Phi) is 7.29. The number of halogens is 1. The first-order valence-electron chi connectivity index (χ1n) is 8.68. The van der Waals surface area contributed by atoms with Gasteiger partial charge in [-0.15, -0.1) is 12.4 Å². The lowest BCUT2D eigenvalue weighted by atomic mass is 10.1. The summed E-state index contributed by atoms with van der Waals surface area (Å²) in [6.45, 7) is 4.50. The van der Waals surface area contributed by atoms with Gasteiger partial charge in [-0.3, -0.25) is 9.52 Å². The molecule has 0 bridgehead atoms. The summed E-state index contributed by atoms with van der Waals surface area (Å²) < 4.78 is 33.1. The number of piperazine rings is 1. The van der Waals surface area contributed by atoms with Gasteiger partial charge in [0.15, 0.2) is 0 Å². The second-order valence-electron chi connectivity index (χ2n) is 6.35. The number of benzene rings is 2. The van der Waals surface area contributed by atoms with E-state index in [0.29, 0.717) is 30.1 Å². The molecule has 9 heteroatoms. The number of carbonyl (C=O) groups excluding carboxylic acids is 1. The zero-order valence-electron chi connectivity index (χ0n) is 15.8. The van der Waals surface area contributed by atoms with Crippen molar-refractivity contribution in [2.24, 2.45) is 0 Å². The fourth-order valence-electron chi connectivity index (χ4n) is 2.91. The summed E-state index contributed by atoms with van der Waals surface area (Å²) in [7, 11) is -2.27. The van der Waals surface area contributed by atoms with Crippen LogP contribution in [-0.4, -0.2) is 52.5 Å². The van der Waals surface area contributed by atoms with E-state index in [2.05, 4.69) is 10.0 Å². The molecule has 0 saturated carbocycles.